The van der Waals surface area contributed by atoms with Crippen LogP contribution in [0.3, 0.4) is 0 Å². The van der Waals surface area contributed by atoms with E-state index >= 15 is 0 Å². The van der Waals surface area contributed by atoms with Gasteiger partial charge in [-0.1, -0.05) is 30.3 Å². The van der Waals surface area contributed by atoms with Gasteiger partial charge in [-0.25, -0.2) is 4.98 Å². The van der Waals surface area contributed by atoms with Crippen molar-refractivity contribution in [2.45, 2.75) is 6.92 Å². The number of aryl methyl sites for hydroxylation is 1. The van der Waals surface area contributed by atoms with E-state index in [1.807, 2.05) is 60.7 Å². The first-order valence-electron chi connectivity index (χ1n) is 7.38. The van der Waals surface area contributed by atoms with E-state index in [1.165, 1.54) is 4.88 Å². The summed E-state index contributed by atoms with van der Waals surface area (Å²) in [5.74, 6) is 0.693. The number of benzene rings is 2. The van der Waals surface area contributed by atoms with Crippen molar-refractivity contribution in [3.05, 3.63) is 82.0 Å². The lowest BCUT2D eigenvalue weighted by atomic mass is 10.2. The molecular formula is C19H14N2OS. The minimum atomic E-state index is -0.0390. The second-order valence-corrected chi connectivity index (χ2v) is 6.63. The fourth-order valence-corrected chi connectivity index (χ4v) is 3.52. The van der Waals surface area contributed by atoms with Gasteiger partial charge >= 0.3 is 0 Å². The number of para-hydroxylation sites is 2. The van der Waals surface area contributed by atoms with Crippen molar-refractivity contribution in [2.75, 3.05) is 0 Å². The number of fused-ring (bicyclic) bond motifs is 1. The van der Waals surface area contributed by atoms with Gasteiger partial charge in [0.1, 0.15) is 0 Å². The summed E-state index contributed by atoms with van der Waals surface area (Å²) in [5.41, 5.74) is 1.52. The monoisotopic (exact) mass is 318 g/mol. The van der Waals surface area contributed by atoms with Crippen molar-refractivity contribution in [1.29, 1.82) is 0 Å². The maximum Gasteiger partial charge on any atom is 0.266 e. The highest BCUT2D eigenvalue weighted by molar-refractivity contribution is 7.15. The van der Waals surface area contributed by atoms with Gasteiger partial charge in [-0.3, -0.25) is 9.36 Å². The van der Waals surface area contributed by atoms with Crippen LogP contribution < -0.4 is 5.56 Å². The van der Waals surface area contributed by atoms with E-state index in [2.05, 4.69) is 13.0 Å². The molecule has 2 aromatic carbocycles. The second kappa shape index (κ2) is 5.48. The van der Waals surface area contributed by atoms with Crippen LogP contribution in [-0.4, -0.2) is 9.55 Å². The van der Waals surface area contributed by atoms with Gasteiger partial charge in [-0.05, 0) is 43.3 Å². The number of hydrogen-bond acceptors (Lipinski definition) is 3. The van der Waals surface area contributed by atoms with E-state index in [1.54, 1.807) is 15.9 Å². The van der Waals surface area contributed by atoms with Crippen LogP contribution in [-0.2, 0) is 0 Å². The van der Waals surface area contributed by atoms with Crippen molar-refractivity contribution < 1.29 is 0 Å². The molecule has 112 valence electrons. The molecule has 4 aromatic rings. The zero-order valence-electron chi connectivity index (χ0n) is 12.6. The third-order valence-electron chi connectivity index (χ3n) is 3.75. The van der Waals surface area contributed by atoms with Crippen LogP contribution in [0.25, 0.3) is 27.3 Å². The Hall–Kier alpha value is -2.72. The summed E-state index contributed by atoms with van der Waals surface area (Å²) in [4.78, 5) is 20.0. The minimum Gasteiger partial charge on any atom is -0.268 e. The summed E-state index contributed by atoms with van der Waals surface area (Å²) in [6.07, 6.45) is 0. The Morgan fingerprint density at radius 1 is 0.913 bits per heavy atom. The molecule has 0 aliphatic heterocycles. The number of nitrogens with zero attached hydrogens (tertiary/aromatic N) is 2. The van der Waals surface area contributed by atoms with Crippen molar-refractivity contribution >= 4 is 22.2 Å². The Labute approximate surface area is 137 Å². The SMILES string of the molecule is Cc1ccc(-c2nc3ccccc3c(=O)n2-c2ccccc2)s1. The highest BCUT2D eigenvalue weighted by Crippen LogP contribution is 2.28. The fourth-order valence-electron chi connectivity index (χ4n) is 2.67. The van der Waals surface area contributed by atoms with Gasteiger partial charge in [0, 0.05) is 4.88 Å². The van der Waals surface area contributed by atoms with Gasteiger partial charge in [-0.2, -0.15) is 0 Å². The van der Waals surface area contributed by atoms with E-state index in [9.17, 15) is 4.79 Å². The first-order chi connectivity index (χ1) is 11.2. The van der Waals surface area contributed by atoms with Gasteiger partial charge in [0.05, 0.1) is 21.5 Å². The molecule has 0 spiro atoms. The van der Waals surface area contributed by atoms with Crippen LogP contribution in [0.15, 0.2) is 71.5 Å². The number of rotatable bonds is 2. The van der Waals surface area contributed by atoms with Crippen molar-refractivity contribution in [1.82, 2.24) is 9.55 Å². The van der Waals surface area contributed by atoms with Crippen molar-refractivity contribution in [3.8, 4) is 16.4 Å². The van der Waals surface area contributed by atoms with Crippen LogP contribution in [0.5, 0.6) is 0 Å². The maximum atomic E-state index is 13.1. The lowest BCUT2D eigenvalue weighted by Gasteiger charge is -2.12. The molecule has 0 saturated heterocycles. The molecule has 0 unspecified atom stereocenters. The molecule has 23 heavy (non-hydrogen) atoms. The lowest BCUT2D eigenvalue weighted by Crippen LogP contribution is -2.21. The van der Waals surface area contributed by atoms with Gasteiger partial charge in [0.15, 0.2) is 5.82 Å². The molecule has 2 heterocycles. The van der Waals surface area contributed by atoms with Gasteiger partial charge in [0.25, 0.3) is 5.56 Å². The first-order valence-corrected chi connectivity index (χ1v) is 8.20. The predicted molar refractivity (Wildman–Crippen MR) is 95.4 cm³/mol. The molecule has 0 fully saturated rings. The van der Waals surface area contributed by atoms with Crippen LogP contribution in [0.2, 0.25) is 0 Å². The average Bonchev–Trinajstić information content (AvgIpc) is 3.02. The standard InChI is InChI=1S/C19H14N2OS/c1-13-11-12-17(23-13)18-20-16-10-6-5-9-15(16)19(22)21(18)14-7-3-2-4-8-14/h2-12H,1H3. The van der Waals surface area contributed by atoms with E-state index in [-0.39, 0.29) is 5.56 Å². The summed E-state index contributed by atoms with van der Waals surface area (Å²) >= 11 is 1.64. The van der Waals surface area contributed by atoms with Gasteiger partial charge in [-0.15, -0.1) is 11.3 Å². The fraction of sp³-hybridized carbons (Fsp3) is 0.0526. The molecule has 0 N–H and O–H groups in total. The quantitative estimate of drug-likeness (QED) is 0.548. The van der Waals surface area contributed by atoms with E-state index in [0.29, 0.717) is 11.2 Å². The van der Waals surface area contributed by atoms with Gasteiger partial charge < -0.3 is 0 Å². The lowest BCUT2D eigenvalue weighted by molar-refractivity contribution is 0.980. The predicted octanol–water partition coefficient (Wildman–Crippen LogP) is 4.42. The third-order valence-corrected chi connectivity index (χ3v) is 4.75. The molecule has 0 aliphatic carbocycles. The summed E-state index contributed by atoms with van der Waals surface area (Å²) in [6, 6.07) is 21.2. The molecule has 0 atom stereocenters. The molecule has 0 radical (unpaired) electrons. The van der Waals surface area contributed by atoms with Crippen LogP contribution >= 0.6 is 11.3 Å². The Morgan fingerprint density at radius 3 is 2.39 bits per heavy atom. The Morgan fingerprint density at radius 2 is 1.65 bits per heavy atom. The molecule has 4 heteroatoms. The highest BCUT2D eigenvalue weighted by atomic mass is 32.1. The molecule has 2 aromatic heterocycles. The van der Waals surface area contributed by atoms with Crippen molar-refractivity contribution in [2.24, 2.45) is 0 Å². The molecule has 0 aliphatic rings. The van der Waals surface area contributed by atoms with E-state index in [0.717, 1.165) is 16.1 Å². The Kier molecular flexibility index (Phi) is 3.32. The van der Waals surface area contributed by atoms with E-state index < -0.39 is 0 Å². The summed E-state index contributed by atoms with van der Waals surface area (Å²) < 4.78 is 1.70. The zero-order valence-corrected chi connectivity index (χ0v) is 13.4. The summed E-state index contributed by atoms with van der Waals surface area (Å²) in [5, 5.41) is 0.633. The maximum absolute atomic E-state index is 13.1. The summed E-state index contributed by atoms with van der Waals surface area (Å²) in [6.45, 7) is 2.06. The highest BCUT2D eigenvalue weighted by Gasteiger charge is 2.15. The normalized spacial score (nSPS) is 11.0. The summed E-state index contributed by atoms with van der Waals surface area (Å²) in [7, 11) is 0. The molecule has 4 rings (SSSR count). The van der Waals surface area contributed by atoms with Crippen molar-refractivity contribution in [3.63, 3.8) is 0 Å². The third kappa shape index (κ3) is 2.37. The van der Waals surface area contributed by atoms with E-state index in [4.69, 9.17) is 4.98 Å². The molecular weight excluding hydrogens is 304 g/mol. The number of hydrogen-bond donors (Lipinski definition) is 0. The molecule has 3 nitrogen and oxygen atoms in total. The first kappa shape index (κ1) is 13.9. The molecule has 0 bridgehead atoms. The minimum absolute atomic E-state index is 0.0390. The van der Waals surface area contributed by atoms with Crippen LogP contribution in [0, 0.1) is 6.92 Å². The van der Waals surface area contributed by atoms with Crippen LogP contribution in [0.4, 0.5) is 0 Å². The smallest absolute Gasteiger partial charge is 0.266 e. The Bertz CT molecular complexity index is 1050. The molecule has 0 saturated carbocycles. The Balaban J connectivity index is 2.13. The zero-order chi connectivity index (χ0) is 15.8. The largest absolute Gasteiger partial charge is 0.268 e. The topological polar surface area (TPSA) is 34.9 Å². The second-order valence-electron chi connectivity index (χ2n) is 5.34. The van der Waals surface area contributed by atoms with Crippen LogP contribution in [0.1, 0.15) is 4.88 Å². The number of aromatic nitrogens is 2. The average molecular weight is 318 g/mol. The molecule has 0 amide bonds. The number of thiophene rings is 1. The van der Waals surface area contributed by atoms with Gasteiger partial charge in [0.2, 0.25) is 0 Å².